The summed E-state index contributed by atoms with van der Waals surface area (Å²) in [6.45, 7) is 3.59. The lowest BCUT2D eigenvalue weighted by Crippen LogP contribution is -2.27. The topological polar surface area (TPSA) is 120 Å². The van der Waals surface area contributed by atoms with Crippen LogP contribution >= 0.6 is 11.3 Å². The van der Waals surface area contributed by atoms with Crippen molar-refractivity contribution in [2.24, 2.45) is 0 Å². The highest BCUT2D eigenvalue weighted by Gasteiger charge is 2.04. The van der Waals surface area contributed by atoms with Gasteiger partial charge in [-0.25, -0.2) is 0 Å². The van der Waals surface area contributed by atoms with E-state index in [1.54, 1.807) is 11.4 Å². The molecule has 0 aromatic carbocycles. The van der Waals surface area contributed by atoms with Gasteiger partial charge in [0.05, 0.1) is 52.0 Å². The van der Waals surface area contributed by atoms with Gasteiger partial charge in [0.2, 0.25) is 0 Å². The standard InChI is InChI=1S/C16H27NO8S2/c18-16(15-2-12-26-14-15)17-3-5-23-7-9-25-11-10-24-8-6-22-4-1-13-27(19,20)21/h2,12,14H,1,3-11,13H2,(H,17,18)(H,19,20,21). The van der Waals surface area contributed by atoms with Crippen molar-refractivity contribution in [1.29, 1.82) is 0 Å². The molecule has 1 aromatic heterocycles. The van der Waals surface area contributed by atoms with Gasteiger partial charge >= 0.3 is 0 Å². The highest BCUT2D eigenvalue weighted by Crippen LogP contribution is 2.04. The number of nitrogens with one attached hydrogen (secondary N) is 1. The van der Waals surface area contributed by atoms with Crippen molar-refractivity contribution >= 4 is 27.4 Å². The normalized spacial score (nSPS) is 11.6. The van der Waals surface area contributed by atoms with Gasteiger partial charge in [0.25, 0.3) is 16.0 Å². The van der Waals surface area contributed by atoms with Crippen LogP contribution in [0, 0.1) is 0 Å². The molecule has 0 radical (unpaired) electrons. The molecule has 27 heavy (non-hydrogen) atoms. The Morgan fingerprint density at radius 2 is 1.52 bits per heavy atom. The molecule has 1 amide bonds. The second-order valence-electron chi connectivity index (χ2n) is 5.36. The molecule has 0 fully saturated rings. The molecule has 1 heterocycles. The van der Waals surface area contributed by atoms with Gasteiger partial charge in [-0.2, -0.15) is 19.8 Å². The highest BCUT2D eigenvalue weighted by atomic mass is 32.2. The molecule has 0 bridgehead atoms. The molecule has 0 unspecified atom stereocenters. The summed E-state index contributed by atoms with van der Waals surface area (Å²) in [6, 6.07) is 1.77. The summed E-state index contributed by atoms with van der Waals surface area (Å²) < 4.78 is 50.6. The number of amides is 1. The molecular weight excluding hydrogens is 398 g/mol. The Morgan fingerprint density at radius 3 is 2.04 bits per heavy atom. The van der Waals surface area contributed by atoms with E-state index in [1.165, 1.54) is 11.3 Å². The zero-order valence-corrected chi connectivity index (χ0v) is 16.8. The Balaban J connectivity index is 1.75. The molecule has 0 aliphatic heterocycles. The first-order valence-corrected chi connectivity index (χ1v) is 11.1. The summed E-state index contributed by atoms with van der Waals surface area (Å²) in [7, 11) is -3.91. The molecule has 0 saturated heterocycles. The molecule has 0 atom stereocenters. The summed E-state index contributed by atoms with van der Waals surface area (Å²) in [6.07, 6.45) is 0.250. The van der Waals surface area contributed by atoms with Gasteiger partial charge in [0, 0.05) is 24.1 Å². The maximum Gasteiger partial charge on any atom is 0.264 e. The van der Waals surface area contributed by atoms with Crippen LogP contribution in [0.25, 0.3) is 0 Å². The van der Waals surface area contributed by atoms with Crippen LogP contribution in [0.15, 0.2) is 16.8 Å². The number of hydrogen-bond donors (Lipinski definition) is 2. The molecule has 2 N–H and O–H groups in total. The van der Waals surface area contributed by atoms with E-state index in [0.29, 0.717) is 58.4 Å². The fourth-order valence-electron chi connectivity index (χ4n) is 1.84. The number of carbonyl (C=O) groups excluding carboxylic acids is 1. The Bertz CT molecular complexity index is 592. The molecular formula is C16H27NO8S2. The maximum atomic E-state index is 11.6. The lowest BCUT2D eigenvalue weighted by atomic mass is 10.3. The summed E-state index contributed by atoms with van der Waals surface area (Å²) in [5.74, 6) is -0.402. The van der Waals surface area contributed by atoms with Crippen molar-refractivity contribution in [3.63, 3.8) is 0 Å². The van der Waals surface area contributed by atoms with Crippen molar-refractivity contribution < 1.29 is 36.7 Å². The lowest BCUT2D eigenvalue weighted by Gasteiger charge is -2.08. The van der Waals surface area contributed by atoms with Crippen LogP contribution in [0.4, 0.5) is 0 Å². The number of rotatable bonds is 17. The van der Waals surface area contributed by atoms with Gasteiger partial charge in [-0.15, -0.1) is 0 Å². The number of ether oxygens (including phenoxy) is 4. The third kappa shape index (κ3) is 14.6. The van der Waals surface area contributed by atoms with Gasteiger partial charge in [-0.05, 0) is 17.9 Å². The molecule has 0 saturated carbocycles. The monoisotopic (exact) mass is 425 g/mol. The second kappa shape index (κ2) is 14.9. The molecule has 156 valence electrons. The zero-order chi connectivity index (χ0) is 19.8. The average Bonchev–Trinajstić information content (AvgIpc) is 3.15. The molecule has 1 rings (SSSR count). The van der Waals surface area contributed by atoms with Gasteiger partial charge in [-0.1, -0.05) is 0 Å². The Labute approximate surface area is 163 Å². The van der Waals surface area contributed by atoms with E-state index in [-0.39, 0.29) is 24.7 Å². The molecule has 0 spiro atoms. The van der Waals surface area contributed by atoms with Crippen molar-refractivity contribution in [2.75, 3.05) is 65.2 Å². The molecule has 0 aliphatic carbocycles. The van der Waals surface area contributed by atoms with Crippen LogP contribution in [0.5, 0.6) is 0 Å². The SMILES string of the molecule is O=C(NCCOCCOCCOCCOCCCS(=O)(=O)O)c1ccsc1. The van der Waals surface area contributed by atoms with E-state index in [0.717, 1.165) is 0 Å². The van der Waals surface area contributed by atoms with Crippen LogP contribution in [-0.4, -0.2) is 84.0 Å². The fourth-order valence-corrected chi connectivity index (χ4v) is 2.96. The largest absolute Gasteiger partial charge is 0.379 e. The first-order chi connectivity index (χ1) is 13.0. The van der Waals surface area contributed by atoms with Crippen LogP contribution in [0.1, 0.15) is 16.8 Å². The average molecular weight is 426 g/mol. The van der Waals surface area contributed by atoms with Gasteiger partial charge in [-0.3, -0.25) is 9.35 Å². The summed E-state index contributed by atoms with van der Waals surface area (Å²) >= 11 is 1.48. The van der Waals surface area contributed by atoms with Crippen molar-refractivity contribution in [2.45, 2.75) is 6.42 Å². The Kier molecular flexibility index (Phi) is 13.2. The Hall–Kier alpha value is -1.08. The minimum atomic E-state index is -3.91. The first kappa shape index (κ1) is 24.0. The van der Waals surface area contributed by atoms with Crippen LogP contribution in [0.3, 0.4) is 0 Å². The van der Waals surface area contributed by atoms with E-state index in [1.807, 2.05) is 5.38 Å². The zero-order valence-electron chi connectivity index (χ0n) is 15.1. The smallest absolute Gasteiger partial charge is 0.264 e. The van der Waals surface area contributed by atoms with E-state index in [2.05, 4.69) is 5.32 Å². The van der Waals surface area contributed by atoms with E-state index < -0.39 is 10.1 Å². The molecule has 11 heteroatoms. The summed E-state index contributed by atoms with van der Waals surface area (Å²) in [5.41, 5.74) is 0.659. The fraction of sp³-hybridized carbons (Fsp3) is 0.688. The van der Waals surface area contributed by atoms with Crippen molar-refractivity contribution in [3.05, 3.63) is 22.4 Å². The van der Waals surface area contributed by atoms with E-state index in [4.69, 9.17) is 23.5 Å². The third-order valence-electron chi connectivity index (χ3n) is 3.12. The summed E-state index contributed by atoms with van der Waals surface area (Å²) in [4.78, 5) is 11.6. The maximum absolute atomic E-state index is 11.6. The molecule has 9 nitrogen and oxygen atoms in total. The van der Waals surface area contributed by atoms with Crippen molar-refractivity contribution in [1.82, 2.24) is 5.32 Å². The van der Waals surface area contributed by atoms with Gasteiger partial charge in [0.15, 0.2) is 0 Å². The minimum absolute atomic E-state index is 0.101. The molecule has 0 aliphatic rings. The predicted octanol–water partition coefficient (Wildman–Crippen LogP) is 0.822. The van der Waals surface area contributed by atoms with E-state index in [9.17, 15) is 13.2 Å². The van der Waals surface area contributed by atoms with Crippen LogP contribution < -0.4 is 5.32 Å². The predicted molar refractivity (Wildman–Crippen MR) is 101 cm³/mol. The number of hydrogen-bond acceptors (Lipinski definition) is 8. The summed E-state index contributed by atoms with van der Waals surface area (Å²) in [5, 5.41) is 6.41. The van der Waals surface area contributed by atoms with Crippen molar-refractivity contribution in [3.8, 4) is 0 Å². The first-order valence-electron chi connectivity index (χ1n) is 8.55. The molecule has 1 aromatic rings. The number of thiophene rings is 1. The Morgan fingerprint density at radius 1 is 0.963 bits per heavy atom. The minimum Gasteiger partial charge on any atom is -0.379 e. The second-order valence-corrected chi connectivity index (χ2v) is 7.71. The number of carbonyl (C=O) groups is 1. The van der Waals surface area contributed by atoms with Crippen LogP contribution in [0.2, 0.25) is 0 Å². The lowest BCUT2D eigenvalue weighted by molar-refractivity contribution is -0.00129. The quantitative estimate of drug-likeness (QED) is 0.278. The van der Waals surface area contributed by atoms with Gasteiger partial charge in [0.1, 0.15) is 0 Å². The highest BCUT2D eigenvalue weighted by molar-refractivity contribution is 7.85. The van der Waals surface area contributed by atoms with Crippen LogP contribution in [-0.2, 0) is 29.1 Å². The van der Waals surface area contributed by atoms with E-state index >= 15 is 0 Å². The third-order valence-corrected chi connectivity index (χ3v) is 4.61. The van der Waals surface area contributed by atoms with Gasteiger partial charge < -0.3 is 24.3 Å².